The largest absolute Gasteiger partial charge is 0.433 e. The summed E-state index contributed by atoms with van der Waals surface area (Å²) in [6, 6.07) is 0.871. The monoisotopic (exact) mass is 245 g/mol. The molecule has 1 aliphatic carbocycles. The maximum atomic E-state index is 12.4. The van der Waals surface area contributed by atoms with Gasteiger partial charge in [-0.05, 0) is 24.3 Å². The predicted molar refractivity (Wildman–Crippen MR) is 57.5 cm³/mol. The van der Waals surface area contributed by atoms with Crippen LogP contribution in [0.2, 0.25) is 0 Å². The number of hydrogen-bond acceptors (Lipinski definition) is 3. The smallest absolute Gasteiger partial charge is 0.354 e. The lowest BCUT2D eigenvalue weighted by Crippen LogP contribution is -2.33. The van der Waals surface area contributed by atoms with Gasteiger partial charge in [-0.15, -0.1) is 0 Å². The van der Waals surface area contributed by atoms with E-state index in [0.717, 1.165) is 25.1 Å². The molecule has 0 spiro atoms. The van der Waals surface area contributed by atoms with E-state index in [2.05, 4.69) is 22.2 Å². The minimum atomic E-state index is -4.42. The van der Waals surface area contributed by atoms with E-state index in [9.17, 15) is 13.2 Å². The van der Waals surface area contributed by atoms with Gasteiger partial charge in [-0.25, -0.2) is 9.97 Å². The molecule has 0 saturated heterocycles. The maximum absolute atomic E-state index is 12.4. The molecule has 0 radical (unpaired) electrons. The van der Waals surface area contributed by atoms with E-state index in [0.29, 0.717) is 6.54 Å². The molecule has 1 aromatic heterocycles. The third kappa shape index (κ3) is 2.87. The number of alkyl halides is 3. The van der Waals surface area contributed by atoms with E-state index < -0.39 is 11.9 Å². The number of nitrogens with zero attached hydrogens (tertiary/aromatic N) is 2. The Morgan fingerprint density at radius 1 is 1.41 bits per heavy atom. The van der Waals surface area contributed by atoms with Crippen LogP contribution in [0.4, 0.5) is 19.1 Å². The molecule has 0 bridgehead atoms. The number of halogens is 3. The van der Waals surface area contributed by atoms with E-state index >= 15 is 0 Å². The second-order valence-electron chi connectivity index (χ2n) is 4.78. The number of nitrogens with one attached hydrogen (secondary N) is 1. The first-order chi connectivity index (χ1) is 7.89. The number of anilines is 1. The van der Waals surface area contributed by atoms with Gasteiger partial charge < -0.3 is 5.32 Å². The van der Waals surface area contributed by atoms with Crippen LogP contribution < -0.4 is 5.32 Å². The number of hydrogen-bond donors (Lipinski definition) is 1. The van der Waals surface area contributed by atoms with Gasteiger partial charge in [0.25, 0.3) is 0 Å². The van der Waals surface area contributed by atoms with Gasteiger partial charge in [-0.1, -0.05) is 13.3 Å². The third-order valence-corrected chi connectivity index (χ3v) is 3.18. The maximum Gasteiger partial charge on any atom is 0.433 e. The van der Waals surface area contributed by atoms with Crippen LogP contribution in [0.1, 0.15) is 31.9 Å². The molecular formula is C11H14F3N3. The van der Waals surface area contributed by atoms with Gasteiger partial charge in [-0.3, -0.25) is 0 Å². The van der Waals surface area contributed by atoms with Gasteiger partial charge >= 0.3 is 6.18 Å². The van der Waals surface area contributed by atoms with Crippen molar-refractivity contribution < 1.29 is 13.2 Å². The zero-order chi connectivity index (χ0) is 12.5. The molecule has 1 saturated carbocycles. The van der Waals surface area contributed by atoms with Crippen molar-refractivity contribution in [3.8, 4) is 0 Å². The summed E-state index contributed by atoms with van der Waals surface area (Å²) >= 11 is 0. The van der Waals surface area contributed by atoms with Crippen molar-refractivity contribution in [3.63, 3.8) is 0 Å². The van der Waals surface area contributed by atoms with Gasteiger partial charge in [0, 0.05) is 12.7 Å². The average Bonchev–Trinajstić information content (AvgIpc) is 2.23. The van der Waals surface area contributed by atoms with Gasteiger partial charge in [0.2, 0.25) is 5.95 Å². The van der Waals surface area contributed by atoms with Crippen LogP contribution in [0.3, 0.4) is 0 Å². The van der Waals surface area contributed by atoms with E-state index in [1.165, 1.54) is 6.42 Å². The molecular weight excluding hydrogens is 231 g/mol. The molecule has 94 valence electrons. The van der Waals surface area contributed by atoms with Gasteiger partial charge in [0.1, 0.15) is 5.69 Å². The van der Waals surface area contributed by atoms with Gasteiger partial charge in [-0.2, -0.15) is 13.2 Å². The molecule has 2 rings (SSSR count). The summed E-state index contributed by atoms with van der Waals surface area (Å²) in [7, 11) is 0. The highest BCUT2D eigenvalue weighted by molar-refractivity contribution is 5.26. The Morgan fingerprint density at radius 2 is 2.12 bits per heavy atom. The van der Waals surface area contributed by atoms with Gasteiger partial charge in [0.05, 0.1) is 0 Å². The molecule has 6 heteroatoms. The molecule has 1 N–H and O–H groups in total. The average molecular weight is 245 g/mol. The molecule has 17 heavy (non-hydrogen) atoms. The second-order valence-corrected chi connectivity index (χ2v) is 4.78. The van der Waals surface area contributed by atoms with Crippen molar-refractivity contribution in [2.75, 3.05) is 11.9 Å². The molecule has 0 aromatic carbocycles. The fraction of sp³-hybridized carbons (Fsp3) is 0.636. The highest BCUT2D eigenvalue weighted by Gasteiger charge is 2.34. The van der Waals surface area contributed by atoms with Crippen LogP contribution in [-0.2, 0) is 6.18 Å². The van der Waals surface area contributed by atoms with Crippen LogP contribution in [0.15, 0.2) is 12.3 Å². The fourth-order valence-electron chi connectivity index (χ4n) is 1.85. The number of rotatable bonds is 3. The van der Waals surface area contributed by atoms with Crippen molar-refractivity contribution in [1.82, 2.24) is 9.97 Å². The molecule has 0 amide bonds. The lowest BCUT2D eigenvalue weighted by Gasteiger charge is -2.38. The summed E-state index contributed by atoms with van der Waals surface area (Å²) in [5, 5.41) is 2.88. The van der Waals surface area contributed by atoms with Crippen molar-refractivity contribution in [2.24, 2.45) is 5.41 Å². The Bertz CT molecular complexity index is 399. The van der Waals surface area contributed by atoms with E-state index in [1.807, 2.05) is 0 Å². The minimum absolute atomic E-state index is 0.0490. The zero-order valence-electron chi connectivity index (χ0n) is 9.51. The highest BCUT2D eigenvalue weighted by atomic mass is 19.4. The lowest BCUT2D eigenvalue weighted by atomic mass is 9.70. The Kier molecular flexibility index (Phi) is 2.97. The topological polar surface area (TPSA) is 37.8 Å². The fourth-order valence-corrected chi connectivity index (χ4v) is 1.85. The summed E-state index contributed by atoms with van der Waals surface area (Å²) in [5.74, 6) is 0.0490. The van der Waals surface area contributed by atoms with Crippen molar-refractivity contribution >= 4 is 5.95 Å². The lowest BCUT2D eigenvalue weighted by molar-refractivity contribution is -0.141. The summed E-state index contributed by atoms with van der Waals surface area (Å²) in [6.45, 7) is 2.73. The summed E-state index contributed by atoms with van der Waals surface area (Å²) in [4.78, 5) is 7.25. The highest BCUT2D eigenvalue weighted by Crippen LogP contribution is 2.40. The van der Waals surface area contributed by atoms with Crippen molar-refractivity contribution in [1.29, 1.82) is 0 Å². The quantitative estimate of drug-likeness (QED) is 0.889. The Morgan fingerprint density at radius 3 is 2.65 bits per heavy atom. The van der Waals surface area contributed by atoms with Crippen LogP contribution >= 0.6 is 0 Å². The van der Waals surface area contributed by atoms with Crippen molar-refractivity contribution in [2.45, 2.75) is 32.4 Å². The van der Waals surface area contributed by atoms with Crippen LogP contribution in [-0.4, -0.2) is 16.5 Å². The molecule has 1 aromatic rings. The molecule has 0 atom stereocenters. The standard InChI is InChI=1S/C11H14F3N3/c1-10(4-2-5-10)7-16-9-15-6-3-8(17-9)11(12,13)14/h3,6H,2,4-5,7H2,1H3,(H,15,16,17). The molecule has 1 heterocycles. The molecule has 0 unspecified atom stereocenters. The second kappa shape index (κ2) is 4.16. The first-order valence-corrected chi connectivity index (χ1v) is 5.53. The molecule has 0 aliphatic heterocycles. The summed E-state index contributed by atoms with van der Waals surface area (Å²) < 4.78 is 37.2. The zero-order valence-corrected chi connectivity index (χ0v) is 9.51. The third-order valence-electron chi connectivity index (χ3n) is 3.18. The molecule has 1 aliphatic rings. The Labute approximate surface area is 97.5 Å². The normalized spacial score (nSPS) is 18.6. The van der Waals surface area contributed by atoms with E-state index in [4.69, 9.17) is 0 Å². The molecule has 3 nitrogen and oxygen atoms in total. The Balaban J connectivity index is 2.01. The first kappa shape index (κ1) is 12.1. The Hall–Kier alpha value is -1.33. The minimum Gasteiger partial charge on any atom is -0.354 e. The number of aromatic nitrogens is 2. The predicted octanol–water partition coefficient (Wildman–Crippen LogP) is 3.10. The summed E-state index contributed by atoms with van der Waals surface area (Å²) in [5.41, 5.74) is -0.730. The van der Waals surface area contributed by atoms with E-state index in [-0.39, 0.29) is 11.4 Å². The molecule has 1 fully saturated rings. The SMILES string of the molecule is CC1(CNc2nccc(C(F)(F)F)n2)CCC1. The van der Waals surface area contributed by atoms with Crippen LogP contribution in [0, 0.1) is 5.41 Å². The van der Waals surface area contributed by atoms with Crippen molar-refractivity contribution in [3.05, 3.63) is 18.0 Å². The van der Waals surface area contributed by atoms with Gasteiger partial charge in [0.15, 0.2) is 0 Å². The van der Waals surface area contributed by atoms with E-state index in [1.54, 1.807) is 0 Å². The first-order valence-electron chi connectivity index (χ1n) is 5.53. The van der Waals surface area contributed by atoms with Crippen LogP contribution in [0.25, 0.3) is 0 Å². The summed E-state index contributed by atoms with van der Waals surface area (Å²) in [6.07, 6.45) is 0.0839. The van der Waals surface area contributed by atoms with Crippen LogP contribution in [0.5, 0.6) is 0 Å².